The Morgan fingerprint density at radius 1 is 1.09 bits per heavy atom. The number of benzene rings is 2. The number of aromatic nitrogens is 3. The third kappa shape index (κ3) is 4.91. The van der Waals surface area contributed by atoms with Crippen LogP contribution in [-0.4, -0.2) is 54.2 Å². The van der Waals surface area contributed by atoms with Crippen molar-refractivity contribution in [2.45, 2.75) is 12.6 Å². The first-order valence-corrected chi connectivity index (χ1v) is 10.7. The van der Waals surface area contributed by atoms with E-state index >= 15 is 0 Å². The highest BCUT2D eigenvalue weighted by molar-refractivity contribution is 6.01. The molecule has 0 radical (unpaired) electrons. The number of anilines is 1. The van der Waals surface area contributed by atoms with Gasteiger partial charge in [0.1, 0.15) is 23.6 Å². The average molecular weight is 463 g/mol. The fraction of sp³-hybridized carbons (Fsp3) is 0.250. The lowest BCUT2D eigenvalue weighted by Gasteiger charge is -2.30. The number of amides is 2. The molecule has 2 aromatic heterocycles. The van der Waals surface area contributed by atoms with Crippen molar-refractivity contribution in [3.05, 3.63) is 72.7 Å². The lowest BCUT2D eigenvalue weighted by atomic mass is 10.1. The summed E-state index contributed by atoms with van der Waals surface area (Å²) < 4.78 is 17.4. The van der Waals surface area contributed by atoms with Gasteiger partial charge in [-0.15, -0.1) is 5.10 Å². The van der Waals surface area contributed by atoms with Crippen molar-refractivity contribution >= 4 is 28.5 Å². The zero-order valence-corrected chi connectivity index (χ0v) is 18.9. The predicted octanol–water partition coefficient (Wildman–Crippen LogP) is 2.57. The number of furan rings is 1. The Kier molecular flexibility index (Phi) is 7.19. The molecule has 0 aliphatic carbocycles. The monoisotopic (exact) mass is 463 g/mol. The highest BCUT2D eigenvalue weighted by Gasteiger charge is 2.35. The van der Waals surface area contributed by atoms with Gasteiger partial charge in [0.25, 0.3) is 5.91 Å². The Hall–Kier alpha value is -4.18. The maximum atomic E-state index is 13.7. The van der Waals surface area contributed by atoms with E-state index in [0.717, 1.165) is 0 Å². The van der Waals surface area contributed by atoms with Crippen LogP contribution in [0, 0.1) is 0 Å². The van der Waals surface area contributed by atoms with E-state index in [1.54, 1.807) is 50.6 Å². The summed E-state index contributed by atoms with van der Waals surface area (Å²) >= 11 is 0. The second kappa shape index (κ2) is 10.6. The standard InChI is InChI=1S/C24H25N5O5/c1-32-15-13-25-24(31)23(21-8-5-14-34-21)29(17-9-11-18(33-2)12-10-17)22(30)16-28-20-7-4-3-6-19(20)26-27-28/h3-12,14,23H,13,15-16H2,1-2H3,(H,25,31)/t23-/m1/s1. The lowest BCUT2D eigenvalue weighted by Crippen LogP contribution is -2.45. The number of rotatable bonds is 10. The molecule has 0 saturated heterocycles. The van der Waals surface area contributed by atoms with Crippen molar-refractivity contribution in [1.82, 2.24) is 20.3 Å². The Morgan fingerprint density at radius 2 is 1.88 bits per heavy atom. The van der Waals surface area contributed by atoms with Crippen LogP contribution in [0.15, 0.2) is 71.3 Å². The maximum absolute atomic E-state index is 13.7. The lowest BCUT2D eigenvalue weighted by molar-refractivity contribution is -0.127. The molecule has 0 spiro atoms. The molecule has 4 aromatic rings. The topological polar surface area (TPSA) is 112 Å². The molecule has 10 heteroatoms. The summed E-state index contributed by atoms with van der Waals surface area (Å²) in [7, 11) is 3.11. The zero-order chi connectivity index (χ0) is 23.9. The van der Waals surface area contributed by atoms with Crippen LogP contribution in [0.5, 0.6) is 5.75 Å². The molecule has 0 fully saturated rings. The number of hydrogen-bond acceptors (Lipinski definition) is 7. The van der Waals surface area contributed by atoms with Crippen molar-refractivity contribution in [3.8, 4) is 5.75 Å². The maximum Gasteiger partial charge on any atom is 0.251 e. The summed E-state index contributed by atoms with van der Waals surface area (Å²) in [6.45, 7) is 0.484. The van der Waals surface area contributed by atoms with Gasteiger partial charge in [-0.3, -0.25) is 14.5 Å². The van der Waals surface area contributed by atoms with Gasteiger partial charge in [0.15, 0.2) is 6.04 Å². The fourth-order valence-corrected chi connectivity index (χ4v) is 3.61. The molecule has 0 bridgehead atoms. The highest BCUT2D eigenvalue weighted by atomic mass is 16.5. The largest absolute Gasteiger partial charge is 0.497 e. The Balaban J connectivity index is 1.73. The van der Waals surface area contributed by atoms with E-state index in [1.807, 2.05) is 24.3 Å². The predicted molar refractivity (Wildman–Crippen MR) is 124 cm³/mol. The quantitative estimate of drug-likeness (QED) is 0.360. The summed E-state index contributed by atoms with van der Waals surface area (Å²) in [5, 5.41) is 11.1. The van der Waals surface area contributed by atoms with Gasteiger partial charge in [0.05, 0.1) is 25.5 Å². The molecule has 1 atom stereocenters. The van der Waals surface area contributed by atoms with Crippen molar-refractivity contribution in [1.29, 1.82) is 0 Å². The number of ether oxygens (including phenoxy) is 2. The molecule has 2 amide bonds. The van der Waals surface area contributed by atoms with Gasteiger partial charge in [0.2, 0.25) is 5.91 Å². The second-order valence-corrected chi connectivity index (χ2v) is 7.40. The number of fused-ring (bicyclic) bond motifs is 1. The fourth-order valence-electron chi connectivity index (χ4n) is 3.61. The van der Waals surface area contributed by atoms with E-state index in [1.165, 1.54) is 15.8 Å². The molecule has 176 valence electrons. The third-order valence-electron chi connectivity index (χ3n) is 5.25. The first kappa shape index (κ1) is 23.0. The minimum Gasteiger partial charge on any atom is -0.497 e. The third-order valence-corrected chi connectivity index (χ3v) is 5.25. The van der Waals surface area contributed by atoms with Crippen molar-refractivity contribution in [2.24, 2.45) is 0 Å². The molecule has 4 rings (SSSR count). The molecular weight excluding hydrogens is 438 g/mol. The van der Waals surface area contributed by atoms with E-state index in [0.29, 0.717) is 34.8 Å². The van der Waals surface area contributed by atoms with E-state index in [4.69, 9.17) is 13.9 Å². The number of methoxy groups -OCH3 is 2. The number of nitrogens with zero attached hydrogens (tertiary/aromatic N) is 4. The van der Waals surface area contributed by atoms with Gasteiger partial charge in [-0.25, -0.2) is 4.68 Å². The highest BCUT2D eigenvalue weighted by Crippen LogP contribution is 2.30. The first-order chi connectivity index (χ1) is 16.6. The number of carbonyl (C=O) groups excluding carboxylic acids is 2. The Morgan fingerprint density at radius 3 is 2.59 bits per heavy atom. The van der Waals surface area contributed by atoms with Crippen LogP contribution in [0.4, 0.5) is 5.69 Å². The number of hydrogen-bond donors (Lipinski definition) is 1. The molecule has 1 N–H and O–H groups in total. The van der Waals surface area contributed by atoms with Crippen molar-refractivity contribution in [2.75, 3.05) is 32.3 Å². The first-order valence-electron chi connectivity index (χ1n) is 10.7. The number of carbonyl (C=O) groups is 2. The van der Waals surface area contributed by atoms with E-state index in [-0.39, 0.29) is 19.0 Å². The van der Waals surface area contributed by atoms with Crippen LogP contribution in [0.25, 0.3) is 11.0 Å². The Labute approximate surface area is 196 Å². The van der Waals surface area contributed by atoms with E-state index in [2.05, 4.69) is 15.6 Å². The van der Waals surface area contributed by atoms with Crippen LogP contribution in [-0.2, 0) is 20.9 Å². The van der Waals surface area contributed by atoms with Gasteiger partial charge in [0, 0.05) is 19.3 Å². The van der Waals surface area contributed by atoms with Gasteiger partial charge < -0.3 is 19.2 Å². The molecule has 2 heterocycles. The smallest absolute Gasteiger partial charge is 0.251 e. The van der Waals surface area contributed by atoms with Crippen molar-refractivity contribution in [3.63, 3.8) is 0 Å². The summed E-state index contributed by atoms with van der Waals surface area (Å²) in [6.07, 6.45) is 1.46. The summed E-state index contributed by atoms with van der Waals surface area (Å²) in [6, 6.07) is 16.5. The van der Waals surface area contributed by atoms with Crippen LogP contribution in [0.1, 0.15) is 11.8 Å². The van der Waals surface area contributed by atoms with Gasteiger partial charge >= 0.3 is 0 Å². The van der Waals surface area contributed by atoms with Gasteiger partial charge in [-0.05, 0) is 48.5 Å². The Bertz CT molecular complexity index is 1240. The molecule has 34 heavy (non-hydrogen) atoms. The van der Waals surface area contributed by atoms with Crippen LogP contribution < -0.4 is 15.0 Å². The van der Waals surface area contributed by atoms with Gasteiger partial charge in [-0.2, -0.15) is 0 Å². The van der Waals surface area contributed by atoms with E-state index in [9.17, 15) is 9.59 Å². The molecule has 2 aromatic carbocycles. The zero-order valence-electron chi connectivity index (χ0n) is 18.9. The number of nitrogens with one attached hydrogen (secondary N) is 1. The van der Waals surface area contributed by atoms with Crippen molar-refractivity contribution < 1.29 is 23.5 Å². The SMILES string of the molecule is COCCNC(=O)[C@@H](c1ccco1)N(C(=O)Cn1nnc2ccccc21)c1ccc(OC)cc1. The minimum atomic E-state index is -1.05. The average Bonchev–Trinajstić information content (AvgIpc) is 3.53. The normalized spacial score (nSPS) is 11.8. The number of para-hydroxylation sites is 1. The summed E-state index contributed by atoms with van der Waals surface area (Å²) in [4.78, 5) is 28.4. The van der Waals surface area contributed by atoms with Crippen LogP contribution in [0.2, 0.25) is 0 Å². The van der Waals surface area contributed by atoms with Crippen LogP contribution in [0.3, 0.4) is 0 Å². The summed E-state index contributed by atoms with van der Waals surface area (Å²) in [5.41, 5.74) is 1.88. The van der Waals surface area contributed by atoms with Crippen LogP contribution >= 0.6 is 0 Å². The summed E-state index contributed by atoms with van der Waals surface area (Å²) in [5.74, 6) is 0.170. The molecule has 10 nitrogen and oxygen atoms in total. The molecular formula is C24H25N5O5. The second-order valence-electron chi connectivity index (χ2n) is 7.40. The molecule has 0 saturated carbocycles. The van der Waals surface area contributed by atoms with E-state index < -0.39 is 11.9 Å². The molecule has 0 aliphatic heterocycles. The molecule has 0 aliphatic rings. The van der Waals surface area contributed by atoms with Gasteiger partial charge in [-0.1, -0.05) is 17.3 Å². The molecule has 0 unspecified atom stereocenters. The minimum absolute atomic E-state index is 0.130.